The minimum absolute atomic E-state index is 0.712. The molecule has 0 aromatic carbocycles. The maximum absolute atomic E-state index is 5.27. The molecule has 17 heavy (non-hydrogen) atoms. The average molecular weight is 245 g/mol. The Morgan fingerprint density at radius 2 is 2.29 bits per heavy atom. The summed E-state index contributed by atoms with van der Waals surface area (Å²) in [6.07, 6.45) is 8.21. The zero-order chi connectivity index (χ0) is 12.1. The maximum atomic E-state index is 5.27. The molecule has 1 N–H and O–H groups in total. The van der Waals surface area contributed by atoms with E-state index in [2.05, 4.69) is 27.9 Å². The number of pyridine rings is 1. The molecule has 0 unspecified atom stereocenters. The number of hydrogen-bond donors (Lipinski definition) is 1. The molecule has 0 amide bonds. The van der Waals surface area contributed by atoms with Gasteiger partial charge in [-0.25, -0.2) is 4.98 Å². The fraction of sp³-hybridized carbons (Fsp3) is 0.308. The molecule has 0 spiro atoms. The number of aromatic nitrogens is 3. The maximum Gasteiger partial charge on any atom is 0.132 e. The molecule has 2 heterocycles. The summed E-state index contributed by atoms with van der Waals surface area (Å²) in [5, 5.41) is 0. The minimum atomic E-state index is 0.712. The van der Waals surface area contributed by atoms with Crippen LogP contribution in [0.15, 0.2) is 30.9 Å². The Balaban J connectivity index is 2.32. The number of aromatic amines is 1. The molecule has 3 nitrogen and oxygen atoms in total. The molecule has 0 fully saturated rings. The Morgan fingerprint density at radius 3 is 3.00 bits per heavy atom. The first-order valence-corrected chi connectivity index (χ1v) is 6.16. The summed E-state index contributed by atoms with van der Waals surface area (Å²) < 4.78 is 0.712. The Kier molecular flexibility index (Phi) is 3.98. The van der Waals surface area contributed by atoms with Crippen LogP contribution in [0.2, 0.25) is 0 Å². The molecule has 0 atom stereocenters. The molecule has 2 aromatic rings. The first kappa shape index (κ1) is 11.9. The lowest BCUT2D eigenvalue weighted by Crippen LogP contribution is -2.01. The summed E-state index contributed by atoms with van der Waals surface area (Å²) >= 11 is 5.27. The van der Waals surface area contributed by atoms with E-state index in [4.69, 9.17) is 12.2 Å². The van der Waals surface area contributed by atoms with Gasteiger partial charge in [0.2, 0.25) is 0 Å². The van der Waals surface area contributed by atoms with Gasteiger partial charge in [0.15, 0.2) is 0 Å². The first-order valence-electron chi connectivity index (χ1n) is 5.75. The van der Waals surface area contributed by atoms with Gasteiger partial charge in [-0.15, -0.1) is 0 Å². The Morgan fingerprint density at radius 1 is 1.41 bits per heavy atom. The average Bonchev–Trinajstić information content (AvgIpc) is 2.35. The molecule has 4 heteroatoms. The van der Waals surface area contributed by atoms with Gasteiger partial charge >= 0.3 is 0 Å². The van der Waals surface area contributed by atoms with Crippen molar-refractivity contribution >= 4 is 12.2 Å². The number of nitrogens with zero attached hydrogens (tertiary/aromatic N) is 2. The van der Waals surface area contributed by atoms with Crippen molar-refractivity contribution in [2.75, 3.05) is 0 Å². The quantitative estimate of drug-likeness (QED) is 0.842. The number of nitrogens with one attached hydrogen (secondary N) is 1. The van der Waals surface area contributed by atoms with Crippen LogP contribution in [0.5, 0.6) is 0 Å². The second kappa shape index (κ2) is 5.68. The molecule has 2 aromatic heterocycles. The molecular formula is C13H15N3S. The highest BCUT2D eigenvalue weighted by Crippen LogP contribution is 2.13. The molecule has 0 bridgehead atoms. The van der Waals surface area contributed by atoms with Crippen molar-refractivity contribution in [1.82, 2.24) is 15.0 Å². The van der Waals surface area contributed by atoms with Gasteiger partial charge in [0, 0.05) is 30.1 Å². The molecule has 2 rings (SSSR count). The minimum Gasteiger partial charge on any atom is -0.349 e. The van der Waals surface area contributed by atoms with E-state index in [-0.39, 0.29) is 0 Å². The summed E-state index contributed by atoms with van der Waals surface area (Å²) in [5.41, 5.74) is 3.50. The molecule has 0 saturated carbocycles. The van der Waals surface area contributed by atoms with Crippen molar-refractivity contribution in [1.29, 1.82) is 0 Å². The van der Waals surface area contributed by atoms with Gasteiger partial charge in [-0.3, -0.25) is 4.98 Å². The molecular weight excluding hydrogens is 230 g/mol. The summed E-state index contributed by atoms with van der Waals surface area (Å²) in [7, 11) is 0. The standard InChI is InChI=1S/C13H15N3S/c1-2-4-11-12(15-9-16-13(11)17)7-10-5-3-6-14-8-10/h3,5-6,8-9H,2,4,7H2,1H3,(H,15,16,17). The topological polar surface area (TPSA) is 41.6 Å². The first-order chi connectivity index (χ1) is 8.31. The molecule has 0 aliphatic carbocycles. The molecule has 0 saturated heterocycles. The molecule has 0 radical (unpaired) electrons. The van der Waals surface area contributed by atoms with Gasteiger partial charge < -0.3 is 4.98 Å². The van der Waals surface area contributed by atoms with Crippen molar-refractivity contribution in [2.45, 2.75) is 26.2 Å². The van der Waals surface area contributed by atoms with E-state index in [0.29, 0.717) is 4.64 Å². The summed E-state index contributed by atoms with van der Waals surface area (Å²) in [5.74, 6) is 0. The van der Waals surface area contributed by atoms with E-state index < -0.39 is 0 Å². The van der Waals surface area contributed by atoms with Crippen molar-refractivity contribution in [3.8, 4) is 0 Å². The molecule has 0 aliphatic rings. The fourth-order valence-electron chi connectivity index (χ4n) is 1.84. The van der Waals surface area contributed by atoms with E-state index >= 15 is 0 Å². The number of hydrogen-bond acceptors (Lipinski definition) is 3. The van der Waals surface area contributed by atoms with Crippen molar-refractivity contribution in [3.63, 3.8) is 0 Å². The van der Waals surface area contributed by atoms with Crippen LogP contribution in [-0.2, 0) is 12.8 Å². The van der Waals surface area contributed by atoms with E-state index in [1.165, 1.54) is 5.56 Å². The van der Waals surface area contributed by atoms with Crippen LogP contribution in [0.4, 0.5) is 0 Å². The van der Waals surface area contributed by atoms with Crippen LogP contribution in [0.25, 0.3) is 0 Å². The van der Waals surface area contributed by atoms with Gasteiger partial charge in [-0.2, -0.15) is 0 Å². The number of rotatable bonds is 4. The van der Waals surface area contributed by atoms with Gasteiger partial charge in [0.25, 0.3) is 0 Å². The highest BCUT2D eigenvalue weighted by molar-refractivity contribution is 7.71. The van der Waals surface area contributed by atoms with Crippen LogP contribution in [0, 0.1) is 4.64 Å². The van der Waals surface area contributed by atoms with Gasteiger partial charge in [0.05, 0.1) is 6.33 Å². The lowest BCUT2D eigenvalue weighted by atomic mass is 10.0. The fourth-order valence-corrected chi connectivity index (χ4v) is 2.11. The predicted octanol–water partition coefficient (Wildman–Crippen LogP) is 3.08. The second-order valence-corrected chi connectivity index (χ2v) is 4.34. The van der Waals surface area contributed by atoms with Crippen LogP contribution >= 0.6 is 12.2 Å². The van der Waals surface area contributed by atoms with E-state index in [1.807, 2.05) is 12.3 Å². The lowest BCUT2D eigenvalue weighted by Gasteiger charge is -2.08. The van der Waals surface area contributed by atoms with E-state index in [0.717, 1.165) is 30.5 Å². The Labute approximate surface area is 106 Å². The highest BCUT2D eigenvalue weighted by Gasteiger charge is 2.05. The third-order valence-electron chi connectivity index (χ3n) is 2.65. The summed E-state index contributed by atoms with van der Waals surface area (Å²) in [6, 6.07) is 4.02. The van der Waals surface area contributed by atoms with Crippen LogP contribution < -0.4 is 0 Å². The SMILES string of the molecule is CCCc1c(Cc2cccnc2)[nH]cnc1=S. The third kappa shape index (κ3) is 2.97. The number of H-pyrrole nitrogens is 1. The van der Waals surface area contributed by atoms with Crippen LogP contribution in [0.3, 0.4) is 0 Å². The molecule has 88 valence electrons. The highest BCUT2D eigenvalue weighted by atomic mass is 32.1. The monoisotopic (exact) mass is 245 g/mol. The second-order valence-electron chi connectivity index (χ2n) is 3.95. The normalized spacial score (nSPS) is 10.4. The zero-order valence-electron chi connectivity index (χ0n) is 9.81. The Hall–Kier alpha value is -1.55. The van der Waals surface area contributed by atoms with Gasteiger partial charge in [-0.05, 0) is 18.1 Å². The largest absolute Gasteiger partial charge is 0.349 e. The Bertz CT molecular complexity index is 534. The molecule has 0 aliphatic heterocycles. The van der Waals surface area contributed by atoms with Crippen molar-refractivity contribution < 1.29 is 0 Å². The zero-order valence-corrected chi connectivity index (χ0v) is 10.6. The summed E-state index contributed by atoms with van der Waals surface area (Å²) in [4.78, 5) is 11.5. The van der Waals surface area contributed by atoms with Gasteiger partial charge in [0.1, 0.15) is 4.64 Å². The smallest absolute Gasteiger partial charge is 0.132 e. The summed E-state index contributed by atoms with van der Waals surface area (Å²) in [6.45, 7) is 2.15. The lowest BCUT2D eigenvalue weighted by molar-refractivity contribution is 0.859. The van der Waals surface area contributed by atoms with Crippen molar-refractivity contribution in [3.05, 3.63) is 52.3 Å². The van der Waals surface area contributed by atoms with E-state index in [9.17, 15) is 0 Å². The van der Waals surface area contributed by atoms with Crippen LogP contribution in [0.1, 0.15) is 30.2 Å². The van der Waals surface area contributed by atoms with Crippen molar-refractivity contribution in [2.24, 2.45) is 0 Å². The predicted molar refractivity (Wildman–Crippen MR) is 70.5 cm³/mol. The third-order valence-corrected chi connectivity index (χ3v) is 3.00. The van der Waals surface area contributed by atoms with Crippen LogP contribution in [-0.4, -0.2) is 15.0 Å². The van der Waals surface area contributed by atoms with Gasteiger partial charge in [-0.1, -0.05) is 31.6 Å². The van der Waals surface area contributed by atoms with E-state index in [1.54, 1.807) is 12.5 Å².